The van der Waals surface area contributed by atoms with Gasteiger partial charge in [0.1, 0.15) is 5.75 Å². The van der Waals surface area contributed by atoms with Crippen LogP contribution in [0.15, 0.2) is 23.1 Å². The Morgan fingerprint density at radius 3 is 2.55 bits per heavy atom. The Balaban J connectivity index is 2.30. The molecule has 0 amide bonds. The molecule has 1 aromatic rings. The van der Waals surface area contributed by atoms with Gasteiger partial charge >= 0.3 is 0 Å². The van der Waals surface area contributed by atoms with E-state index in [0.29, 0.717) is 0 Å². The van der Waals surface area contributed by atoms with Crippen molar-refractivity contribution in [2.45, 2.75) is 23.8 Å². The first-order chi connectivity index (χ1) is 9.03. The third kappa shape index (κ3) is 3.05. The molecule has 9 heteroatoms. The molecular formula is C11H16N2O5S2. The smallest absolute Gasteiger partial charge is 0.241 e. The summed E-state index contributed by atoms with van der Waals surface area (Å²) in [5.41, 5.74) is 4.38. The van der Waals surface area contributed by atoms with Gasteiger partial charge in [0.25, 0.3) is 0 Å². The van der Waals surface area contributed by atoms with Crippen LogP contribution in [0.2, 0.25) is 0 Å². The molecule has 1 fully saturated rings. The Morgan fingerprint density at radius 2 is 2.05 bits per heavy atom. The summed E-state index contributed by atoms with van der Waals surface area (Å²) in [6, 6.07) is 3.52. The van der Waals surface area contributed by atoms with Crippen LogP contribution in [0, 0.1) is 0 Å². The highest BCUT2D eigenvalue weighted by atomic mass is 32.2. The maximum atomic E-state index is 12.2. The molecule has 0 saturated carbocycles. The summed E-state index contributed by atoms with van der Waals surface area (Å²) in [6.07, 6.45) is 0.224. The van der Waals surface area contributed by atoms with E-state index in [1.165, 1.54) is 12.1 Å². The largest absolute Gasteiger partial charge is 0.506 e. The highest BCUT2D eigenvalue weighted by molar-refractivity contribution is 7.92. The summed E-state index contributed by atoms with van der Waals surface area (Å²) in [4.78, 5) is -0.113. The number of anilines is 1. The third-order valence-corrected chi connectivity index (χ3v) is 6.73. The Bertz CT molecular complexity index is 742. The summed E-state index contributed by atoms with van der Waals surface area (Å²) in [5, 5.41) is 9.29. The van der Waals surface area contributed by atoms with Gasteiger partial charge in [-0.05, 0) is 31.5 Å². The first-order valence-corrected chi connectivity index (χ1v) is 9.16. The molecule has 0 aromatic heterocycles. The highest BCUT2D eigenvalue weighted by Crippen LogP contribution is 2.27. The molecule has 0 spiro atoms. The Kier molecular flexibility index (Phi) is 3.47. The lowest BCUT2D eigenvalue weighted by atomic mass is 10.0. The van der Waals surface area contributed by atoms with Crippen LogP contribution in [0.3, 0.4) is 0 Å². The van der Waals surface area contributed by atoms with E-state index in [1.54, 1.807) is 6.92 Å². The molecule has 0 bridgehead atoms. The monoisotopic (exact) mass is 320 g/mol. The van der Waals surface area contributed by atoms with E-state index in [0.717, 1.165) is 6.07 Å². The minimum Gasteiger partial charge on any atom is -0.506 e. The van der Waals surface area contributed by atoms with Crippen molar-refractivity contribution in [3.8, 4) is 5.75 Å². The molecule has 1 aliphatic rings. The van der Waals surface area contributed by atoms with Crippen LogP contribution in [0.4, 0.5) is 5.69 Å². The molecule has 1 aromatic carbocycles. The molecule has 0 radical (unpaired) electrons. The molecular weight excluding hydrogens is 304 g/mol. The lowest BCUT2D eigenvalue weighted by Crippen LogP contribution is -2.46. The molecule has 1 heterocycles. The molecule has 20 heavy (non-hydrogen) atoms. The van der Waals surface area contributed by atoms with E-state index < -0.39 is 25.4 Å². The van der Waals surface area contributed by atoms with Crippen molar-refractivity contribution < 1.29 is 21.9 Å². The SMILES string of the molecule is CC1(NS(=O)(=O)c2ccc(O)c(N)c2)CCS(=O)(=O)C1. The molecule has 2 rings (SSSR count). The van der Waals surface area contributed by atoms with Gasteiger partial charge in [0.05, 0.1) is 22.1 Å². The molecule has 1 unspecified atom stereocenters. The first kappa shape index (κ1) is 15.1. The van der Waals surface area contributed by atoms with Crippen molar-refractivity contribution in [1.29, 1.82) is 0 Å². The van der Waals surface area contributed by atoms with E-state index in [9.17, 15) is 21.9 Å². The summed E-state index contributed by atoms with van der Waals surface area (Å²) >= 11 is 0. The fourth-order valence-electron chi connectivity index (χ4n) is 2.17. The van der Waals surface area contributed by atoms with Gasteiger partial charge in [-0.2, -0.15) is 0 Å². The molecule has 1 atom stereocenters. The maximum Gasteiger partial charge on any atom is 0.241 e. The van der Waals surface area contributed by atoms with Crippen molar-refractivity contribution in [3.63, 3.8) is 0 Å². The van der Waals surface area contributed by atoms with Crippen LogP contribution in [-0.2, 0) is 19.9 Å². The summed E-state index contributed by atoms with van der Waals surface area (Å²) in [6.45, 7) is 1.55. The lowest BCUT2D eigenvalue weighted by Gasteiger charge is -2.23. The lowest BCUT2D eigenvalue weighted by molar-refractivity contribution is 0.461. The van der Waals surface area contributed by atoms with E-state index in [-0.39, 0.29) is 34.3 Å². The van der Waals surface area contributed by atoms with Crippen LogP contribution < -0.4 is 10.5 Å². The van der Waals surface area contributed by atoms with Gasteiger partial charge in [-0.25, -0.2) is 21.6 Å². The Hall–Kier alpha value is -1.32. The number of nitrogens with two attached hydrogens (primary N) is 1. The zero-order valence-corrected chi connectivity index (χ0v) is 12.5. The number of nitrogen functional groups attached to an aromatic ring is 1. The quantitative estimate of drug-likeness (QED) is 0.524. The van der Waals surface area contributed by atoms with E-state index in [4.69, 9.17) is 5.73 Å². The van der Waals surface area contributed by atoms with Crippen LogP contribution in [0.25, 0.3) is 0 Å². The summed E-state index contributed by atoms with van der Waals surface area (Å²) in [5.74, 6) is -0.477. The predicted molar refractivity (Wildman–Crippen MR) is 74.5 cm³/mol. The molecule has 7 nitrogen and oxygen atoms in total. The maximum absolute atomic E-state index is 12.2. The zero-order chi connectivity index (χ0) is 15.2. The van der Waals surface area contributed by atoms with Crippen molar-refractivity contribution in [2.24, 2.45) is 0 Å². The standard InChI is InChI=1S/C11H16N2O5S2/c1-11(4-5-19(15,16)7-11)13-20(17,18)8-2-3-10(14)9(12)6-8/h2-3,6,13-14H,4-5,7,12H2,1H3. The number of sulfone groups is 1. The summed E-state index contributed by atoms with van der Waals surface area (Å²) in [7, 11) is -7.11. The van der Waals surface area contributed by atoms with Crippen LogP contribution in [0.5, 0.6) is 5.75 Å². The molecule has 1 aliphatic heterocycles. The van der Waals surface area contributed by atoms with Crippen molar-refractivity contribution in [1.82, 2.24) is 4.72 Å². The van der Waals surface area contributed by atoms with Crippen LogP contribution >= 0.6 is 0 Å². The number of hydrogen-bond donors (Lipinski definition) is 3. The fraction of sp³-hybridized carbons (Fsp3) is 0.455. The van der Waals surface area contributed by atoms with Gasteiger partial charge in [-0.3, -0.25) is 0 Å². The minimum atomic E-state index is -3.90. The second kappa shape index (κ2) is 4.61. The van der Waals surface area contributed by atoms with Crippen LogP contribution in [-0.4, -0.2) is 39.0 Å². The predicted octanol–water partition coefficient (Wildman–Crippen LogP) is -0.170. The fourth-order valence-corrected chi connectivity index (χ4v) is 5.83. The van der Waals surface area contributed by atoms with Crippen molar-refractivity contribution in [3.05, 3.63) is 18.2 Å². The van der Waals surface area contributed by atoms with E-state index in [1.807, 2.05) is 0 Å². The van der Waals surface area contributed by atoms with Gasteiger partial charge in [-0.1, -0.05) is 0 Å². The Labute approximate surface area is 117 Å². The number of rotatable bonds is 3. The Morgan fingerprint density at radius 1 is 1.40 bits per heavy atom. The number of nitrogens with one attached hydrogen (secondary N) is 1. The number of phenols is 1. The normalized spacial score (nSPS) is 25.6. The topological polar surface area (TPSA) is 127 Å². The summed E-state index contributed by atoms with van der Waals surface area (Å²) < 4.78 is 49.8. The average molecular weight is 320 g/mol. The number of benzene rings is 1. The minimum absolute atomic E-state index is 0.0380. The van der Waals surface area contributed by atoms with Gasteiger partial charge in [0.15, 0.2) is 9.84 Å². The number of aromatic hydroxyl groups is 1. The second-order valence-electron chi connectivity index (χ2n) is 5.23. The number of phenolic OH excluding ortho intramolecular Hbond substituents is 1. The average Bonchev–Trinajstić information content (AvgIpc) is 2.55. The van der Waals surface area contributed by atoms with Gasteiger partial charge in [0.2, 0.25) is 10.0 Å². The van der Waals surface area contributed by atoms with E-state index >= 15 is 0 Å². The zero-order valence-electron chi connectivity index (χ0n) is 10.8. The van der Waals surface area contributed by atoms with Crippen molar-refractivity contribution >= 4 is 25.5 Å². The first-order valence-electron chi connectivity index (χ1n) is 5.86. The molecule has 4 N–H and O–H groups in total. The van der Waals surface area contributed by atoms with Crippen molar-refractivity contribution in [2.75, 3.05) is 17.2 Å². The number of hydrogen-bond acceptors (Lipinski definition) is 6. The van der Waals surface area contributed by atoms with Gasteiger partial charge < -0.3 is 10.8 Å². The molecule has 1 saturated heterocycles. The van der Waals surface area contributed by atoms with Crippen LogP contribution in [0.1, 0.15) is 13.3 Å². The van der Waals surface area contributed by atoms with Gasteiger partial charge in [-0.15, -0.1) is 0 Å². The second-order valence-corrected chi connectivity index (χ2v) is 9.10. The highest BCUT2D eigenvalue weighted by Gasteiger charge is 2.41. The van der Waals surface area contributed by atoms with E-state index in [2.05, 4.69) is 4.72 Å². The number of sulfonamides is 1. The molecule has 112 valence electrons. The molecule has 0 aliphatic carbocycles. The third-order valence-electron chi connectivity index (χ3n) is 3.19. The van der Waals surface area contributed by atoms with Gasteiger partial charge in [0, 0.05) is 5.54 Å².